The fraction of sp³-hybridized carbons (Fsp3) is 0.211. The van der Waals surface area contributed by atoms with Gasteiger partial charge in [0.1, 0.15) is 0 Å². The predicted octanol–water partition coefficient (Wildman–Crippen LogP) is 3.41. The second-order valence-electron chi connectivity index (χ2n) is 5.24. The number of nitrogens with one attached hydrogen (secondary N) is 1. The van der Waals surface area contributed by atoms with E-state index >= 15 is 0 Å². The molecule has 0 heterocycles. The molecule has 0 fully saturated rings. The highest BCUT2D eigenvalue weighted by atomic mass is 35.5. The summed E-state index contributed by atoms with van der Waals surface area (Å²) in [6, 6.07) is 11.2. The molecule has 27 heavy (non-hydrogen) atoms. The van der Waals surface area contributed by atoms with Crippen LogP contribution in [0.3, 0.4) is 0 Å². The van der Waals surface area contributed by atoms with E-state index in [1.165, 1.54) is 25.3 Å². The standard InChI is InChI=1S/C19H17ClN2O5/c1-3-26-18-15(20)8-13(9-16(18)25-2)19(24)27-11-17(23)22-14-6-4-5-12(7-14)10-21/h4-9H,3,11H2,1-2H3,(H,22,23). The van der Waals surface area contributed by atoms with E-state index in [0.29, 0.717) is 23.6 Å². The maximum absolute atomic E-state index is 12.2. The van der Waals surface area contributed by atoms with Gasteiger partial charge in [-0.15, -0.1) is 0 Å². The number of halogens is 1. The summed E-state index contributed by atoms with van der Waals surface area (Å²) in [6.07, 6.45) is 0. The van der Waals surface area contributed by atoms with Crippen molar-refractivity contribution in [3.05, 3.63) is 52.5 Å². The first kappa shape index (κ1) is 20.1. The minimum atomic E-state index is -0.737. The van der Waals surface area contributed by atoms with E-state index in [4.69, 9.17) is 31.1 Å². The maximum atomic E-state index is 12.2. The van der Waals surface area contributed by atoms with Crippen LogP contribution in [-0.2, 0) is 9.53 Å². The Morgan fingerprint density at radius 3 is 2.70 bits per heavy atom. The van der Waals surface area contributed by atoms with Gasteiger partial charge in [-0.3, -0.25) is 4.79 Å². The van der Waals surface area contributed by atoms with Gasteiger partial charge in [0.15, 0.2) is 18.1 Å². The van der Waals surface area contributed by atoms with Crippen molar-refractivity contribution in [2.24, 2.45) is 0 Å². The Bertz CT molecular complexity index is 892. The van der Waals surface area contributed by atoms with Crippen molar-refractivity contribution in [2.75, 3.05) is 25.6 Å². The molecule has 2 aromatic carbocycles. The third kappa shape index (κ3) is 5.36. The lowest BCUT2D eigenvalue weighted by Gasteiger charge is -2.13. The Hall–Kier alpha value is -3.24. The summed E-state index contributed by atoms with van der Waals surface area (Å²) in [7, 11) is 1.42. The molecular weight excluding hydrogens is 372 g/mol. The molecule has 140 valence electrons. The van der Waals surface area contributed by atoms with Crippen LogP contribution in [0.4, 0.5) is 5.69 Å². The number of methoxy groups -OCH3 is 1. The number of esters is 1. The summed E-state index contributed by atoms with van der Waals surface area (Å²) in [5, 5.41) is 11.6. The number of anilines is 1. The number of hydrogen-bond donors (Lipinski definition) is 1. The number of ether oxygens (including phenoxy) is 3. The third-order valence-electron chi connectivity index (χ3n) is 3.36. The highest BCUT2D eigenvalue weighted by Gasteiger charge is 2.17. The first-order valence-corrected chi connectivity index (χ1v) is 8.33. The molecule has 2 aromatic rings. The van der Waals surface area contributed by atoms with Gasteiger partial charge in [-0.1, -0.05) is 17.7 Å². The summed E-state index contributed by atoms with van der Waals surface area (Å²) < 4.78 is 15.6. The zero-order valence-corrected chi connectivity index (χ0v) is 15.5. The smallest absolute Gasteiger partial charge is 0.338 e. The van der Waals surface area contributed by atoms with Crippen molar-refractivity contribution in [1.29, 1.82) is 5.26 Å². The average Bonchev–Trinajstić information content (AvgIpc) is 2.67. The molecule has 0 bridgehead atoms. The molecule has 0 saturated carbocycles. The van der Waals surface area contributed by atoms with Crippen LogP contribution in [-0.4, -0.2) is 32.2 Å². The van der Waals surface area contributed by atoms with Crippen LogP contribution in [0.5, 0.6) is 11.5 Å². The zero-order chi connectivity index (χ0) is 19.8. The Morgan fingerprint density at radius 1 is 1.26 bits per heavy atom. The molecule has 0 radical (unpaired) electrons. The Balaban J connectivity index is 2.01. The van der Waals surface area contributed by atoms with Crippen molar-refractivity contribution in [3.8, 4) is 17.6 Å². The lowest BCUT2D eigenvalue weighted by molar-refractivity contribution is -0.119. The summed E-state index contributed by atoms with van der Waals surface area (Å²) in [5.74, 6) is -0.663. The van der Waals surface area contributed by atoms with Crippen LogP contribution in [0.15, 0.2) is 36.4 Å². The molecule has 0 aromatic heterocycles. The van der Waals surface area contributed by atoms with Crippen molar-refractivity contribution in [3.63, 3.8) is 0 Å². The number of nitriles is 1. The lowest BCUT2D eigenvalue weighted by atomic mass is 10.2. The Kier molecular flexibility index (Phi) is 7.03. The number of rotatable bonds is 7. The van der Waals surface area contributed by atoms with Gasteiger partial charge in [0.05, 0.1) is 35.9 Å². The number of carbonyl (C=O) groups is 2. The van der Waals surface area contributed by atoms with Gasteiger partial charge in [-0.05, 0) is 37.3 Å². The van der Waals surface area contributed by atoms with Crippen LogP contribution in [0.2, 0.25) is 5.02 Å². The molecule has 1 amide bonds. The van der Waals surface area contributed by atoms with Crippen LogP contribution >= 0.6 is 11.6 Å². The predicted molar refractivity (Wildman–Crippen MR) is 99.2 cm³/mol. The summed E-state index contributed by atoms with van der Waals surface area (Å²) in [5.41, 5.74) is 0.960. The number of carbonyl (C=O) groups excluding carboxylic acids is 2. The topological polar surface area (TPSA) is 97.6 Å². The second kappa shape index (κ2) is 9.46. The van der Waals surface area contributed by atoms with Gasteiger partial charge >= 0.3 is 5.97 Å². The number of benzene rings is 2. The highest BCUT2D eigenvalue weighted by molar-refractivity contribution is 6.32. The molecule has 0 spiro atoms. The van der Waals surface area contributed by atoms with E-state index in [1.807, 2.05) is 6.07 Å². The third-order valence-corrected chi connectivity index (χ3v) is 3.64. The minimum Gasteiger partial charge on any atom is -0.493 e. The van der Waals surface area contributed by atoms with Crippen LogP contribution in [0.25, 0.3) is 0 Å². The monoisotopic (exact) mass is 388 g/mol. The van der Waals surface area contributed by atoms with Crippen LogP contribution < -0.4 is 14.8 Å². The molecule has 7 nitrogen and oxygen atoms in total. The number of amides is 1. The van der Waals surface area contributed by atoms with Crippen LogP contribution in [0, 0.1) is 11.3 Å². The highest BCUT2D eigenvalue weighted by Crippen LogP contribution is 2.36. The Morgan fingerprint density at radius 2 is 2.04 bits per heavy atom. The van der Waals surface area contributed by atoms with Crippen LogP contribution in [0.1, 0.15) is 22.8 Å². The maximum Gasteiger partial charge on any atom is 0.338 e. The van der Waals surface area contributed by atoms with Gasteiger partial charge in [-0.25, -0.2) is 4.79 Å². The van der Waals surface area contributed by atoms with Gasteiger partial charge < -0.3 is 19.5 Å². The number of nitrogens with zero attached hydrogens (tertiary/aromatic N) is 1. The quantitative estimate of drug-likeness (QED) is 0.730. The van der Waals surface area contributed by atoms with Gasteiger partial charge in [0.2, 0.25) is 0 Å². The summed E-state index contributed by atoms with van der Waals surface area (Å²) in [4.78, 5) is 24.1. The van der Waals surface area contributed by atoms with E-state index in [2.05, 4.69) is 5.32 Å². The van der Waals surface area contributed by atoms with Crippen molar-refractivity contribution in [2.45, 2.75) is 6.92 Å². The van der Waals surface area contributed by atoms with E-state index < -0.39 is 18.5 Å². The van der Waals surface area contributed by atoms with E-state index in [1.54, 1.807) is 25.1 Å². The molecule has 0 aliphatic rings. The fourth-order valence-corrected chi connectivity index (χ4v) is 2.47. The normalized spacial score (nSPS) is 9.85. The van der Waals surface area contributed by atoms with E-state index in [-0.39, 0.29) is 16.3 Å². The Labute approximate surface area is 161 Å². The molecule has 8 heteroatoms. The van der Waals surface area contributed by atoms with Gasteiger partial charge in [-0.2, -0.15) is 5.26 Å². The SMILES string of the molecule is CCOc1c(Cl)cc(C(=O)OCC(=O)Nc2cccc(C#N)c2)cc1OC. The summed E-state index contributed by atoms with van der Waals surface area (Å²) >= 11 is 6.12. The van der Waals surface area contributed by atoms with Gasteiger partial charge in [0.25, 0.3) is 5.91 Å². The summed E-state index contributed by atoms with van der Waals surface area (Å²) in [6.45, 7) is 1.68. The molecule has 0 aliphatic heterocycles. The van der Waals surface area contributed by atoms with Crippen molar-refractivity contribution >= 4 is 29.2 Å². The van der Waals surface area contributed by atoms with E-state index in [9.17, 15) is 9.59 Å². The lowest BCUT2D eigenvalue weighted by Crippen LogP contribution is -2.21. The molecule has 1 N–H and O–H groups in total. The zero-order valence-electron chi connectivity index (χ0n) is 14.7. The molecule has 0 unspecified atom stereocenters. The molecule has 0 atom stereocenters. The number of hydrogen-bond acceptors (Lipinski definition) is 6. The fourth-order valence-electron chi connectivity index (χ4n) is 2.20. The van der Waals surface area contributed by atoms with Gasteiger partial charge in [0, 0.05) is 5.69 Å². The first-order chi connectivity index (χ1) is 13.0. The molecule has 0 saturated heterocycles. The van der Waals surface area contributed by atoms with E-state index in [0.717, 1.165) is 0 Å². The van der Waals surface area contributed by atoms with Crippen molar-refractivity contribution < 1.29 is 23.8 Å². The first-order valence-electron chi connectivity index (χ1n) is 7.96. The molecular formula is C19H17ClN2O5. The second-order valence-corrected chi connectivity index (χ2v) is 5.65. The average molecular weight is 389 g/mol. The largest absolute Gasteiger partial charge is 0.493 e. The minimum absolute atomic E-state index is 0.125. The van der Waals surface area contributed by atoms with Crippen molar-refractivity contribution in [1.82, 2.24) is 0 Å². The molecule has 0 aliphatic carbocycles. The molecule has 2 rings (SSSR count).